The van der Waals surface area contributed by atoms with Crippen LogP contribution in [-0.2, 0) is 22.6 Å². The highest BCUT2D eigenvalue weighted by Gasteiger charge is 2.44. The molecular weight excluding hydrogens is 332 g/mol. The Morgan fingerprint density at radius 2 is 2.00 bits per heavy atom. The summed E-state index contributed by atoms with van der Waals surface area (Å²) >= 11 is 0. The van der Waals surface area contributed by atoms with Crippen LogP contribution in [0.3, 0.4) is 0 Å². The first-order valence-corrected chi connectivity index (χ1v) is 9.63. The van der Waals surface area contributed by atoms with Crippen LogP contribution in [0.2, 0.25) is 0 Å². The zero-order chi connectivity index (χ0) is 18.4. The van der Waals surface area contributed by atoms with E-state index < -0.39 is 0 Å². The third kappa shape index (κ3) is 3.04. The Labute approximate surface area is 152 Å². The van der Waals surface area contributed by atoms with Crippen LogP contribution in [0.25, 0.3) is 0 Å². The second-order valence-electron chi connectivity index (χ2n) is 7.93. The third-order valence-corrected chi connectivity index (χ3v) is 6.06. The monoisotopic (exact) mass is 358 g/mol. The van der Waals surface area contributed by atoms with E-state index in [-0.39, 0.29) is 29.3 Å². The molecule has 0 bridgehead atoms. The number of piperidine rings is 1. The van der Waals surface area contributed by atoms with Crippen LogP contribution in [0.4, 0.5) is 0 Å². The molecule has 1 N–H and O–H groups in total. The molecule has 2 amide bonds. The van der Waals surface area contributed by atoms with Crippen molar-refractivity contribution in [1.29, 1.82) is 0 Å². The fourth-order valence-corrected chi connectivity index (χ4v) is 4.23. The second-order valence-corrected chi connectivity index (χ2v) is 7.93. The lowest BCUT2D eigenvalue weighted by molar-refractivity contribution is -0.137. The summed E-state index contributed by atoms with van der Waals surface area (Å²) in [6.45, 7) is 5.28. The Hall–Kier alpha value is -2.18. The molecule has 7 nitrogen and oxygen atoms in total. The molecule has 2 fully saturated rings. The van der Waals surface area contributed by atoms with Crippen molar-refractivity contribution >= 4 is 11.8 Å². The molecular formula is C19H26N4O3. The molecule has 4 rings (SSSR count). The largest absolute Gasteiger partial charge is 0.338 e. The Kier molecular flexibility index (Phi) is 4.32. The number of nitrogens with one attached hydrogen (secondary N) is 1. The quantitative estimate of drug-likeness (QED) is 0.865. The van der Waals surface area contributed by atoms with E-state index >= 15 is 0 Å². The molecule has 0 unspecified atom stereocenters. The van der Waals surface area contributed by atoms with Crippen LogP contribution in [0.5, 0.6) is 0 Å². The van der Waals surface area contributed by atoms with Crippen molar-refractivity contribution in [3.63, 3.8) is 0 Å². The average molecular weight is 358 g/mol. The number of H-pyrrole nitrogens is 1. The van der Waals surface area contributed by atoms with E-state index in [9.17, 15) is 14.4 Å². The van der Waals surface area contributed by atoms with Gasteiger partial charge in [-0.05, 0) is 31.6 Å². The summed E-state index contributed by atoms with van der Waals surface area (Å²) in [7, 11) is 0. The summed E-state index contributed by atoms with van der Waals surface area (Å²) in [6, 6.07) is -0.132. The van der Waals surface area contributed by atoms with Gasteiger partial charge in [0.05, 0.1) is 23.8 Å². The Balaban J connectivity index is 1.62. The minimum absolute atomic E-state index is 0.0262. The molecule has 0 aromatic carbocycles. The lowest BCUT2D eigenvalue weighted by Gasteiger charge is -2.36. The summed E-state index contributed by atoms with van der Waals surface area (Å²) in [4.78, 5) is 48.3. The lowest BCUT2D eigenvalue weighted by Crippen LogP contribution is -2.42. The van der Waals surface area contributed by atoms with Gasteiger partial charge in [0.15, 0.2) is 0 Å². The molecule has 1 saturated heterocycles. The summed E-state index contributed by atoms with van der Waals surface area (Å²) in [5, 5.41) is 0. The number of aromatic nitrogens is 2. The predicted octanol–water partition coefficient (Wildman–Crippen LogP) is 1.38. The standard InChI is InChI=1S/C19H26N4O3/c1-11-9-13(11)19(26)23-7-4-3-5-16(23)17-20-15-6-8-22(12(2)24)10-14(15)18(25)21-17/h11,13,16H,3-10H2,1-2H3,(H,20,21,25)/t11-,13-,16-/m0/s1. The van der Waals surface area contributed by atoms with Crippen molar-refractivity contribution in [2.75, 3.05) is 13.1 Å². The molecule has 26 heavy (non-hydrogen) atoms. The molecule has 3 atom stereocenters. The topological polar surface area (TPSA) is 86.4 Å². The molecule has 7 heteroatoms. The van der Waals surface area contributed by atoms with Crippen LogP contribution >= 0.6 is 0 Å². The second kappa shape index (κ2) is 6.52. The van der Waals surface area contributed by atoms with Crippen LogP contribution in [0.15, 0.2) is 4.79 Å². The number of carbonyl (C=O) groups is 2. The van der Waals surface area contributed by atoms with Gasteiger partial charge in [-0.1, -0.05) is 6.92 Å². The molecule has 1 saturated carbocycles. The van der Waals surface area contributed by atoms with E-state index in [1.54, 1.807) is 4.90 Å². The lowest BCUT2D eigenvalue weighted by atomic mass is 9.99. The first kappa shape index (κ1) is 17.2. The fourth-order valence-electron chi connectivity index (χ4n) is 4.23. The summed E-state index contributed by atoms with van der Waals surface area (Å²) in [6.07, 6.45) is 4.44. The van der Waals surface area contributed by atoms with Crippen molar-refractivity contribution in [1.82, 2.24) is 19.8 Å². The highest BCUT2D eigenvalue weighted by Crippen LogP contribution is 2.42. The maximum absolute atomic E-state index is 12.8. The molecule has 1 aromatic heterocycles. The number of fused-ring (bicyclic) bond motifs is 1. The van der Waals surface area contributed by atoms with E-state index in [4.69, 9.17) is 4.98 Å². The van der Waals surface area contributed by atoms with Gasteiger partial charge in [0.2, 0.25) is 11.8 Å². The van der Waals surface area contributed by atoms with Gasteiger partial charge in [0.25, 0.3) is 5.56 Å². The Morgan fingerprint density at radius 3 is 2.69 bits per heavy atom. The van der Waals surface area contributed by atoms with Gasteiger partial charge in [-0.25, -0.2) is 4.98 Å². The average Bonchev–Trinajstić information content (AvgIpc) is 3.37. The first-order chi connectivity index (χ1) is 12.5. The highest BCUT2D eigenvalue weighted by atomic mass is 16.2. The van der Waals surface area contributed by atoms with E-state index in [1.807, 2.05) is 4.90 Å². The van der Waals surface area contributed by atoms with Gasteiger partial charge in [-0.3, -0.25) is 14.4 Å². The predicted molar refractivity (Wildman–Crippen MR) is 95.2 cm³/mol. The Morgan fingerprint density at radius 1 is 1.23 bits per heavy atom. The van der Waals surface area contributed by atoms with Gasteiger partial charge >= 0.3 is 0 Å². The minimum atomic E-state index is -0.172. The van der Waals surface area contributed by atoms with E-state index in [2.05, 4.69) is 11.9 Å². The van der Waals surface area contributed by atoms with Crippen LogP contribution in [0.1, 0.15) is 62.7 Å². The number of hydrogen-bond acceptors (Lipinski definition) is 4. The molecule has 3 heterocycles. The Bertz CT molecular complexity index is 802. The van der Waals surface area contributed by atoms with Gasteiger partial charge in [0.1, 0.15) is 5.82 Å². The smallest absolute Gasteiger partial charge is 0.256 e. The minimum Gasteiger partial charge on any atom is -0.338 e. The summed E-state index contributed by atoms with van der Waals surface area (Å²) in [5.41, 5.74) is 1.19. The van der Waals surface area contributed by atoms with Crippen LogP contribution in [0, 0.1) is 11.8 Å². The SMILES string of the molecule is CC(=O)N1CCc2nc([C@@H]3CCCCN3C(=O)[C@H]3C[C@@H]3C)[nH]c(=O)c2C1. The van der Waals surface area contributed by atoms with E-state index in [1.165, 1.54) is 6.92 Å². The summed E-state index contributed by atoms with van der Waals surface area (Å²) < 4.78 is 0. The van der Waals surface area contributed by atoms with Crippen molar-refractivity contribution in [3.8, 4) is 0 Å². The highest BCUT2D eigenvalue weighted by molar-refractivity contribution is 5.82. The first-order valence-electron chi connectivity index (χ1n) is 9.63. The van der Waals surface area contributed by atoms with Gasteiger partial charge in [-0.15, -0.1) is 0 Å². The van der Waals surface area contributed by atoms with Gasteiger partial charge in [-0.2, -0.15) is 0 Å². The number of hydrogen-bond donors (Lipinski definition) is 1. The van der Waals surface area contributed by atoms with E-state index in [0.717, 1.165) is 37.9 Å². The maximum atomic E-state index is 12.8. The molecule has 1 aliphatic carbocycles. The maximum Gasteiger partial charge on any atom is 0.256 e. The number of likely N-dealkylation sites (tertiary alicyclic amines) is 1. The number of nitrogens with zero attached hydrogens (tertiary/aromatic N) is 3. The summed E-state index contributed by atoms with van der Waals surface area (Å²) in [5.74, 6) is 1.42. The van der Waals surface area contributed by atoms with Crippen molar-refractivity contribution in [3.05, 3.63) is 27.4 Å². The van der Waals surface area contributed by atoms with Crippen molar-refractivity contribution in [2.24, 2.45) is 11.8 Å². The normalized spacial score (nSPS) is 27.8. The zero-order valence-electron chi connectivity index (χ0n) is 15.5. The molecule has 0 radical (unpaired) electrons. The zero-order valence-corrected chi connectivity index (χ0v) is 15.5. The van der Waals surface area contributed by atoms with Crippen LogP contribution in [-0.4, -0.2) is 44.7 Å². The van der Waals surface area contributed by atoms with Crippen LogP contribution < -0.4 is 5.56 Å². The number of amides is 2. The molecule has 2 aliphatic heterocycles. The molecule has 140 valence electrons. The molecule has 1 aromatic rings. The third-order valence-electron chi connectivity index (χ3n) is 6.06. The number of aromatic amines is 1. The van der Waals surface area contributed by atoms with Crippen molar-refractivity contribution in [2.45, 2.75) is 58.5 Å². The molecule has 3 aliphatic rings. The molecule has 0 spiro atoms. The number of carbonyl (C=O) groups excluding carboxylic acids is 2. The van der Waals surface area contributed by atoms with Gasteiger partial charge < -0.3 is 14.8 Å². The number of rotatable bonds is 2. The van der Waals surface area contributed by atoms with E-state index in [0.29, 0.717) is 36.8 Å². The van der Waals surface area contributed by atoms with Crippen molar-refractivity contribution < 1.29 is 9.59 Å². The van der Waals surface area contributed by atoms with Gasteiger partial charge in [0, 0.05) is 32.4 Å². The fraction of sp³-hybridized carbons (Fsp3) is 0.684.